The standard InChI is InChI=1S/C15H19NO4/c1-10-3-5-13(20-2)12(7-10)9-16-8-11(15(18)19)4-6-14(16)17/h3,5,7,11H,4,6,8-9H2,1-2H3,(H,18,19). The minimum absolute atomic E-state index is 0.00561. The summed E-state index contributed by atoms with van der Waals surface area (Å²) < 4.78 is 5.30. The van der Waals surface area contributed by atoms with Gasteiger partial charge < -0.3 is 14.7 Å². The molecule has 5 heteroatoms. The Balaban J connectivity index is 2.17. The van der Waals surface area contributed by atoms with Gasteiger partial charge in [-0.3, -0.25) is 9.59 Å². The average molecular weight is 277 g/mol. The smallest absolute Gasteiger partial charge is 0.308 e. The molecule has 1 unspecified atom stereocenters. The van der Waals surface area contributed by atoms with Crippen molar-refractivity contribution in [1.82, 2.24) is 4.90 Å². The molecule has 0 aliphatic carbocycles. The summed E-state index contributed by atoms with van der Waals surface area (Å²) in [5.41, 5.74) is 1.99. The molecule has 1 N–H and O–H groups in total. The summed E-state index contributed by atoms with van der Waals surface area (Å²) in [6.07, 6.45) is 0.723. The topological polar surface area (TPSA) is 66.8 Å². The van der Waals surface area contributed by atoms with Gasteiger partial charge in [-0.15, -0.1) is 0 Å². The van der Waals surface area contributed by atoms with Crippen LogP contribution in [0.25, 0.3) is 0 Å². The largest absolute Gasteiger partial charge is 0.496 e. The predicted molar refractivity (Wildman–Crippen MR) is 73.5 cm³/mol. The molecule has 1 aromatic carbocycles. The second kappa shape index (κ2) is 5.94. The Kier molecular flexibility index (Phi) is 4.27. The molecule has 0 aromatic heterocycles. The van der Waals surface area contributed by atoms with Crippen molar-refractivity contribution in [3.8, 4) is 5.75 Å². The first-order chi connectivity index (χ1) is 9.51. The third-order valence-corrected chi connectivity index (χ3v) is 3.65. The zero-order valence-electron chi connectivity index (χ0n) is 11.8. The number of carbonyl (C=O) groups excluding carboxylic acids is 1. The van der Waals surface area contributed by atoms with E-state index >= 15 is 0 Å². The minimum Gasteiger partial charge on any atom is -0.496 e. The molecule has 108 valence electrons. The maximum Gasteiger partial charge on any atom is 0.308 e. The van der Waals surface area contributed by atoms with Gasteiger partial charge in [0, 0.05) is 25.1 Å². The highest BCUT2D eigenvalue weighted by Crippen LogP contribution is 2.25. The maximum atomic E-state index is 11.9. The second-order valence-electron chi connectivity index (χ2n) is 5.16. The highest BCUT2D eigenvalue weighted by atomic mass is 16.5. The van der Waals surface area contributed by atoms with E-state index < -0.39 is 11.9 Å². The van der Waals surface area contributed by atoms with Crippen LogP contribution in [0.15, 0.2) is 18.2 Å². The molecule has 1 aromatic rings. The van der Waals surface area contributed by atoms with Gasteiger partial charge in [-0.05, 0) is 19.4 Å². The van der Waals surface area contributed by atoms with Crippen molar-refractivity contribution in [2.24, 2.45) is 5.92 Å². The molecule has 1 heterocycles. The van der Waals surface area contributed by atoms with Crippen molar-refractivity contribution in [2.45, 2.75) is 26.3 Å². The van der Waals surface area contributed by atoms with Crippen molar-refractivity contribution in [3.05, 3.63) is 29.3 Å². The lowest BCUT2D eigenvalue weighted by Crippen LogP contribution is -2.42. The van der Waals surface area contributed by atoms with Crippen molar-refractivity contribution in [1.29, 1.82) is 0 Å². The van der Waals surface area contributed by atoms with Gasteiger partial charge in [0.25, 0.3) is 0 Å². The van der Waals surface area contributed by atoms with Crippen molar-refractivity contribution < 1.29 is 19.4 Å². The van der Waals surface area contributed by atoms with Crippen LogP contribution in [0.2, 0.25) is 0 Å². The fourth-order valence-corrected chi connectivity index (χ4v) is 2.51. The number of rotatable bonds is 4. The van der Waals surface area contributed by atoms with Crippen LogP contribution in [0.4, 0.5) is 0 Å². The van der Waals surface area contributed by atoms with E-state index in [1.807, 2.05) is 25.1 Å². The Morgan fingerprint density at radius 2 is 2.25 bits per heavy atom. The average Bonchev–Trinajstić information content (AvgIpc) is 2.41. The number of ether oxygens (including phenoxy) is 1. The van der Waals surface area contributed by atoms with Gasteiger partial charge in [-0.25, -0.2) is 0 Å². The summed E-state index contributed by atoms with van der Waals surface area (Å²) in [4.78, 5) is 24.6. The molecular formula is C15H19NO4. The molecule has 1 saturated heterocycles. The molecule has 1 amide bonds. The first-order valence-electron chi connectivity index (χ1n) is 6.65. The minimum atomic E-state index is -0.835. The molecule has 1 fully saturated rings. The monoisotopic (exact) mass is 277 g/mol. The Morgan fingerprint density at radius 1 is 1.50 bits per heavy atom. The van der Waals surface area contributed by atoms with Crippen LogP contribution in [0.3, 0.4) is 0 Å². The lowest BCUT2D eigenvalue weighted by Gasteiger charge is -2.31. The van der Waals surface area contributed by atoms with Crippen LogP contribution in [-0.4, -0.2) is 35.5 Å². The second-order valence-corrected chi connectivity index (χ2v) is 5.16. The van der Waals surface area contributed by atoms with Crippen LogP contribution in [-0.2, 0) is 16.1 Å². The van der Waals surface area contributed by atoms with Gasteiger partial charge in [0.1, 0.15) is 5.75 Å². The summed E-state index contributed by atoms with van der Waals surface area (Å²) in [7, 11) is 1.59. The Labute approximate surface area is 118 Å². The molecule has 1 atom stereocenters. The zero-order chi connectivity index (χ0) is 14.7. The molecule has 1 aliphatic rings. The zero-order valence-corrected chi connectivity index (χ0v) is 11.8. The van der Waals surface area contributed by atoms with Crippen LogP contribution >= 0.6 is 0 Å². The number of carboxylic acid groups (broad SMARTS) is 1. The van der Waals surface area contributed by atoms with E-state index in [9.17, 15) is 9.59 Å². The molecule has 0 bridgehead atoms. The van der Waals surface area contributed by atoms with Crippen LogP contribution in [0.5, 0.6) is 5.75 Å². The summed E-state index contributed by atoms with van der Waals surface area (Å²) in [6.45, 7) is 2.64. The lowest BCUT2D eigenvalue weighted by atomic mass is 9.97. The summed E-state index contributed by atoms with van der Waals surface area (Å²) in [6, 6.07) is 5.78. The molecule has 5 nitrogen and oxygen atoms in total. The number of carbonyl (C=O) groups is 2. The third-order valence-electron chi connectivity index (χ3n) is 3.65. The van der Waals surface area contributed by atoms with Gasteiger partial charge in [0.05, 0.1) is 13.0 Å². The fourth-order valence-electron chi connectivity index (χ4n) is 2.51. The number of nitrogens with zero attached hydrogens (tertiary/aromatic N) is 1. The SMILES string of the molecule is COc1ccc(C)cc1CN1CC(C(=O)O)CCC1=O. The number of benzene rings is 1. The first-order valence-corrected chi connectivity index (χ1v) is 6.65. The Bertz CT molecular complexity index is 527. The number of methoxy groups -OCH3 is 1. The first kappa shape index (κ1) is 14.4. The van der Waals surface area contributed by atoms with Crippen molar-refractivity contribution in [2.75, 3.05) is 13.7 Å². The van der Waals surface area contributed by atoms with Gasteiger partial charge >= 0.3 is 5.97 Å². The van der Waals surface area contributed by atoms with Crippen LogP contribution in [0, 0.1) is 12.8 Å². The van der Waals surface area contributed by atoms with E-state index in [2.05, 4.69) is 0 Å². The molecule has 0 spiro atoms. The highest BCUT2D eigenvalue weighted by Gasteiger charge is 2.30. The summed E-state index contributed by atoms with van der Waals surface area (Å²) >= 11 is 0. The quantitative estimate of drug-likeness (QED) is 0.911. The number of carboxylic acids is 1. The molecule has 1 aliphatic heterocycles. The van der Waals surface area contributed by atoms with Gasteiger partial charge in [-0.2, -0.15) is 0 Å². The van der Waals surface area contributed by atoms with E-state index in [0.29, 0.717) is 19.4 Å². The van der Waals surface area contributed by atoms with Crippen LogP contribution in [0.1, 0.15) is 24.0 Å². The molecule has 0 radical (unpaired) electrons. The molecule has 0 saturated carbocycles. The number of hydrogen-bond donors (Lipinski definition) is 1. The number of hydrogen-bond acceptors (Lipinski definition) is 3. The van der Waals surface area contributed by atoms with E-state index in [0.717, 1.165) is 16.9 Å². The number of piperidine rings is 1. The van der Waals surface area contributed by atoms with E-state index in [1.54, 1.807) is 12.0 Å². The molecular weight excluding hydrogens is 258 g/mol. The van der Waals surface area contributed by atoms with E-state index in [4.69, 9.17) is 9.84 Å². The normalized spacial score (nSPS) is 19.0. The fraction of sp³-hybridized carbons (Fsp3) is 0.467. The molecule has 2 rings (SSSR count). The summed E-state index contributed by atoms with van der Waals surface area (Å²) in [5.74, 6) is -0.575. The lowest BCUT2D eigenvalue weighted by molar-refractivity contribution is -0.147. The Hall–Kier alpha value is -2.04. The number of aliphatic carboxylic acids is 1. The van der Waals surface area contributed by atoms with Crippen molar-refractivity contribution >= 4 is 11.9 Å². The third kappa shape index (κ3) is 3.10. The predicted octanol–water partition coefficient (Wildman–Crippen LogP) is 1.83. The van der Waals surface area contributed by atoms with E-state index in [1.165, 1.54) is 0 Å². The Morgan fingerprint density at radius 3 is 2.90 bits per heavy atom. The van der Waals surface area contributed by atoms with Gasteiger partial charge in [0.15, 0.2) is 0 Å². The summed E-state index contributed by atoms with van der Waals surface area (Å²) in [5, 5.41) is 9.09. The number of amides is 1. The molecule has 20 heavy (non-hydrogen) atoms. The van der Waals surface area contributed by atoms with E-state index in [-0.39, 0.29) is 12.5 Å². The maximum absolute atomic E-state index is 11.9. The van der Waals surface area contributed by atoms with Crippen molar-refractivity contribution in [3.63, 3.8) is 0 Å². The highest BCUT2D eigenvalue weighted by molar-refractivity contribution is 5.80. The van der Waals surface area contributed by atoms with Gasteiger partial charge in [-0.1, -0.05) is 17.7 Å². The van der Waals surface area contributed by atoms with Gasteiger partial charge in [0.2, 0.25) is 5.91 Å². The number of aryl methyl sites for hydroxylation is 1. The number of likely N-dealkylation sites (tertiary alicyclic amines) is 1. The van der Waals surface area contributed by atoms with Crippen LogP contribution < -0.4 is 4.74 Å².